The van der Waals surface area contributed by atoms with E-state index < -0.39 is 0 Å². The number of hydrogen-bond acceptors (Lipinski definition) is 3. The summed E-state index contributed by atoms with van der Waals surface area (Å²) in [7, 11) is 0. The molecule has 1 aromatic carbocycles. The summed E-state index contributed by atoms with van der Waals surface area (Å²) < 4.78 is 0. The minimum Gasteiger partial charge on any atom is -0.328 e. The molecule has 2 aliphatic carbocycles. The largest absolute Gasteiger partial charge is 0.328 e. The van der Waals surface area contributed by atoms with E-state index in [-0.39, 0.29) is 0 Å². The van der Waals surface area contributed by atoms with Gasteiger partial charge in [0.15, 0.2) is 0 Å². The molecule has 0 spiro atoms. The highest BCUT2D eigenvalue weighted by molar-refractivity contribution is 7.99. The van der Waals surface area contributed by atoms with Crippen LogP contribution in [0, 0.1) is 5.92 Å². The van der Waals surface area contributed by atoms with Crippen molar-refractivity contribution in [1.82, 2.24) is 4.98 Å². The number of pyridine rings is 1. The predicted octanol–water partition coefficient (Wildman–Crippen LogP) is 4.76. The third-order valence-corrected chi connectivity index (χ3v) is 7.29. The van der Waals surface area contributed by atoms with Crippen LogP contribution in [0.15, 0.2) is 42.6 Å². The lowest BCUT2D eigenvalue weighted by molar-refractivity contribution is 0.508. The van der Waals surface area contributed by atoms with Crippen LogP contribution in [-0.4, -0.2) is 22.5 Å². The molecule has 0 bridgehead atoms. The van der Waals surface area contributed by atoms with Gasteiger partial charge in [-0.25, -0.2) is 0 Å². The van der Waals surface area contributed by atoms with Crippen LogP contribution >= 0.6 is 11.8 Å². The molecule has 4 rings (SSSR count). The summed E-state index contributed by atoms with van der Waals surface area (Å²) in [6.07, 6.45) is 10.5. The van der Waals surface area contributed by atoms with Crippen molar-refractivity contribution in [2.45, 2.75) is 56.9 Å². The second-order valence-corrected chi connectivity index (χ2v) is 9.20. The quantitative estimate of drug-likeness (QED) is 0.749. The van der Waals surface area contributed by atoms with Crippen molar-refractivity contribution in [2.75, 3.05) is 11.5 Å². The number of rotatable bonds is 6. The van der Waals surface area contributed by atoms with Crippen LogP contribution in [0.1, 0.15) is 54.0 Å². The molecule has 3 atom stereocenters. The summed E-state index contributed by atoms with van der Waals surface area (Å²) in [6.45, 7) is 0. The number of hydrogen-bond donors (Lipinski definition) is 1. The standard InChI is InChI=1S/C23H30N2S/c24-22-9-8-21(15-22)20-7-6-18-13-17(4-5-19(18)14-20)16-26-12-10-23-3-1-2-11-25-23/h1-3,6-7,11,14,17,21-22H,4-5,8-10,12-13,15-16,24H2. The van der Waals surface area contributed by atoms with E-state index >= 15 is 0 Å². The van der Waals surface area contributed by atoms with Gasteiger partial charge < -0.3 is 5.73 Å². The summed E-state index contributed by atoms with van der Waals surface area (Å²) in [5, 5.41) is 0. The van der Waals surface area contributed by atoms with Crippen LogP contribution < -0.4 is 5.73 Å². The summed E-state index contributed by atoms with van der Waals surface area (Å²) in [5.41, 5.74) is 12.1. The summed E-state index contributed by atoms with van der Waals surface area (Å²) in [5.74, 6) is 4.00. The van der Waals surface area contributed by atoms with E-state index in [0.29, 0.717) is 12.0 Å². The van der Waals surface area contributed by atoms with Gasteiger partial charge in [0.25, 0.3) is 0 Å². The van der Waals surface area contributed by atoms with E-state index in [2.05, 4.69) is 47.1 Å². The second-order valence-electron chi connectivity index (χ2n) is 8.05. The topological polar surface area (TPSA) is 38.9 Å². The summed E-state index contributed by atoms with van der Waals surface area (Å²) in [4.78, 5) is 4.42. The van der Waals surface area contributed by atoms with Crippen molar-refractivity contribution in [2.24, 2.45) is 11.7 Å². The van der Waals surface area contributed by atoms with Crippen molar-refractivity contribution in [3.05, 3.63) is 65.0 Å². The summed E-state index contributed by atoms with van der Waals surface area (Å²) >= 11 is 2.10. The van der Waals surface area contributed by atoms with Crippen molar-refractivity contribution < 1.29 is 0 Å². The van der Waals surface area contributed by atoms with E-state index in [1.54, 1.807) is 16.7 Å². The zero-order chi connectivity index (χ0) is 17.8. The average Bonchev–Trinajstić information content (AvgIpc) is 3.12. The number of benzene rings is 1. The fourth-order valence-electron chi connectivity index (χ4n) is 4.54. The van der Waals surface area contributed by atoms with Crippen LogP contribution in [-0.2, 0) is 19.3 Å². The Hall–Kier alpha value is -1.32. The highest BCUT2D eigenvalue weighted by Gasteiger charge is 2.25. The SMILES string of the molecule is NC1CCC(c2ccc3c(c2)CCC(CSCCc2ccccn2)C3)C1. The van der Waals surface area contributed by atoms with Gasteiger partial charge in [0, 0.05) is 17.9 Å². The molecule has 0 radical (unpaired) electrons. The molecule has 138 valence electrons. The number of aromatic nitrogens is 1. The van der Waals surface area contributed by atoms with Gasteiger partial charge in [0.1, 0.15) is 0 Å². The Bertz CT molecular complexity index is 715. The van der Waals surface area contributed by atoms with Gasteiger partial charge in [0.05, 0.1) is 0 Å². The van der Waals surface area contributed by atoms with Crippen LogP contribution in [0.25, 0.3) is 0 Å². The number of nitrogens with two attached hydrogens (primary N) is 1. The first-order chi connectivity index (χ1) is 12.8. The highest BCUT2D eigenvalue weighted by atomic mass is 32.2. The fourth-order valence-corrected chi connectivity index (χ4v) is 5.68. The molecule has 0 saturated heterocycles. The van der Waals surface area contributed by atoms with Gasteiger partial charge in [0.2, 0.25) is 0 Å². The van der Waals surface area contributed by atoms with E-state index in [1.807, 2.05) is 12.3 Å². The molecule has 2 aromatic rings. The highest BCUT2D eigenvalue weighted by Crippen LogP contribution is 2.36. The van der Waals surface area contributed by atoms with Crippen LogP contribution in [0.2, 0.25) is 0 Å². The fraction of sp³-hybridized carbons (Fsp3) is 0.522. The minimum atomic E-state index is 0.420. The van der Waals surface area contributed by atoms with Crippen molar-refractivity contribution in [3.8, 4) is 0 Å². The zero-order valence-electron chi connectivity index (χ0n) is 15.6. The second kappa shape index (κ2) is 8.58. The Morgan fingerprint density at radius 1 is 1.08 bits per heavy atom. The van der Waals surface area contributed by atoms with Crippen molar-refractivity contribution >= 4 is 11.8 Å². The molecule has 0 amide bonds. The van der Waals surface area contributed by atoms with Gasteiger partial charge in [-0.1, -0.05) is 24.3 Å². The number of fused-ring (bicyclic) bond motifs is 1. The molecule has 2 nitrogen and oxygen atoms in total. The minimum absolute atomic E-state index is 0.420. The van der Waals surface area contributed by atoms with E-state index in [9.17, 15) is 0 Å². The van der Waals surface area contributed by atoms with E-state index in [0.717, 1.165) is 12.3 Å². The molecule has 2 aliphatic rings. The van der Waals surface area contributed by atoms with E-state index in [4.69, 9.17) is 5.73 Å². The summed E-state index contributed by atoms with van der Waals surface area (Å²) in [6, 6.07) is 13.9. The monoisotopic (exact) mass is 366 g/mol. The molecule has 0 aliphatic heterocycles. The first-order valence-electron chi connectivity index (χ1n) is 10.1. The molecule has 3 unspecified atom stereocenters. The molecule has 1 saturated carbocycles. The zero-order valence-corrected chi connectivity index (χ0v) is 16.4. The molecule has 26 heavy (non-hydrogen) atoms. The Labute approximate surface area is 162 Å². The van der Waals surface area contributed by atoms with Crippen molar-refractivity contribution in [3.63, 3.8) is 0 Å². The Balaban J connectivity index is 1.26. The lowest BCUT2D eigenvalue weighted by Gasteiger charge is -2.25. The van der Waals surface area contributed by atoms with Gasteiger partial charge in [-0.15, -0.1) is 0 Å². The maximum atomic E-state index is 6.11. The van der Waals surface area contributed by atoms with Crippen LogP contribution in [0.5, 0.6) is 0 Å². The van der Waals surface area contributed by atoms with E-state index in [1.165, 1.54) is 55.7 Å². The number of thioether (sulfide) groups is 1. The Morgan fingerprint density at radius 3 is 2.85 bits per heavy atom. The van der Waals surface area contributed by atoms with Gasteiger partial charge in [-0.3, -0.25) is 4.98 Å². The first kappa shape index (κ1) is 18.1. The molecule has 1 fully saturated rings. The normalized spacial score (nSPS) is 25.2. The Morgan fingerprint density at radius 2 is 2.04 bits per heavy atom. The predicted molar refractivity (Wildman–Crippen MR) is 112 cm³/mol. The molecular formula is C23H30N2S. The van der Waals surface area contributed by atoms with Crippen molar-refractivity contribution in [1.29, 1.82) is 0 Å². The molecule has 1 heterocycles. The van der Waals surface area contributed by atoms with Crippen LogP contribution in [0.3, 0.4) is 0 Å². The third kappa shape index (κ3) is 4.50. The lowest BCUT2D eigenvalue weighted by atomic mass is 9.82. The maximum Gasteiger partial charge on any atom is 0.0411 e. The smallest absolute Gasteiger partial charge is 0.0411 e. The molecule has 2 N–H and O–H groups in total. The average molecular weight is 367 g/mol. The number of nitrogens with zero attached hydrogens (tertiary/aromatic N) is 1. The van der Waals surface area contributed by atoms with Crippen LogP contribution in [0.4, 0.5) is 0 Å². The molecular weight excluding hydrogens is 336 g/mol. The molecule has 3 heteroatoms. The van der Waals surface area contributed by atoms with Gasteiger partial charge in [-0.05, 0) is 97.1 Å². The first-order valence-corrected chi connectivity index (χ1v) is 11.3. The molecule has 1 aromatic heterocycles. The third-order valence-electron chi connectivity index (χ3n) is 6.09. The maximum absolute atomic E-state index is 6.11. The Kier molecular flexibility index (Phi) is 5.96. The lowest BCUT2D eigenvalue weighted by Crippen LogP contribution is -2.17. The van der Waals surface area contributed by atoms with Gasteiger partial charge >= 0.3 is 0 Å². The van der Waals surface area contributed by atoms with Gasteiger partial charge in [-0.2, -0.15) is 11.8 Å². The number of aryl methyl sites for hydroxylation is 2.